The molecule has 0 aliphatic carbocycles. The summed E-state index contributed by atoms with van der Waals surface area (Å²) in [6.07, 6.45) is 12.2. The standard InChI is InChI=1S/C27H30N8O2/c1-18-22(13-20(14-30-18)25(36)29-10-12-34-11-4-7-27(34,2)3)33-26(37)21-15-32-35-17-23(31-16-24(21)35)19-5-8-28-9-6-19/h5-6,8-9,13-17H,4,7,10-12H2,1-3H3,(H,29,36)(H,33,37). The topological polar surface area (TPSA) is 117 Å². The summed E-state index contributed by atoms with van der Waals surface area (Å²) in [6.45, 7) is 8.66. The number of carbonyl (C=O) groups is 2. The molecule has 1 fully saturated rings. The Hall–Kier alpha value is -4.18. The highest BCUT2D eigenvalue weighted by molar-refractivity contribution is 6.09. The molecule has 10 heteroatoms. The zero-order valence-electron chi connectivity index (χ0n) is 21.2. The average molecular weight is 499 g/mol. The highest BCUT2D eigenvalue weighted by Crippen LogP contribution is 2.27. The lowest BCUT2D eigenvalue weighted by Gasteiger charge is -2.31. The first-order valence-corrected chi connectivity index (χ1v) is 12.4. The Morgan fingerprint density at radius 3 is 2.65 bits per heavy atom. The first kappa shape index (κ1) is 24.5. The molecule has 2 amide bonds. The van der Waals surface area contributed by atoms with Gasteiger partial charge >= 0.3 is 0 Å². The SMILES string of the molecule is Cc1ncc(C(=O)NCCN2CCCC2(C)C)cc1NC(=O)c1cnn2cc(-c3ccncc3)ncc12. The third-order valence-electron chi connectivity index (χ3n) is 6.96. The lowest BCUT2D eigenvalue weighted by Crippen LogP contribution is -2.43. The first-order valence-electron chi connectivity index (χ1n) is 12.4. The van der Waals surface area contributed by atoms with Gasteiger partial charge in [-0.1, -0.05) is 0 Å². The van der Waals surface area contributed by atoms with Crippen LogP contribution in [0.1, 0.15) is 53.1 Å². The summed E-state index contributed by atoms with van der Waals surface area (Å²) < 4.78 is 1.62. The van der Waals surface area contributed by atoms with Crippen LogP contribution in [0.15, 0.2) is 55.4 Å². The Kier molecular flexibility index (Phi) is 6.66. The highest BCUT2D eigenvalue weighted by atomic mass is 16.2. The zero-order chi connectivity index (χ0) is 26.0. The van der Waals surface area contributed by atoms with Crippen LogP contribution < -0.4 is 10.6 Å². The molecule has 1 saturated heterocycles. The molecule has 190 valence electrons. The molecule has 0 radical (unpaired) electrons. The molecule has 5 heterocycles. The summed E-state index contributed by atoms with van der Waals surface area (Å²) in [6, 6.07) is 5.37. The van der Waals surface area contributed by atoms with Crippen molar-refractivity contribution in [3.8, 4) is 11.3 Å². The predicted molar refractivity (Wildman–Crippen MR) is 140 cm³/mol. The van der Waals surface area contributed by atoms with E-state index in [1.807, 2.05) is 12.1 Å². The second kappa shape index (κ2) is 10.1. The maximum Gasteiger partial charge on any atom is 0.259 e. The third-order valence-corrected chi connectivity index (χ3v) is 6.96. The van der Waals surface area contributed by atoms with Crippen LogP contribution in [0.2, 0.25) is 0 Å². The number of nitrogens with zero attached hydrogens (tertiary/aromatic N) is 6. The molecular weight excluding hydrogens is 468 g/mol. The molecular formula is C27H30N8O2. The number of nitrogens with one attached hydrogen (secondary N) is 2. The Morgan fingerprint density at radius 2 is 1.89 bits per heavy atom. The molecule has 0 atom stereocenters. The van der Waals surface area contributed by atoms with Crippen LogP contribution in [0.5, 0.6) is 0 Å². The number of aromatic nitrogens is 5. The predicted octanol–water partition coefficient (Wildman–Crippen LogP) is 3.35. The van der Waals surface area contributed by atoms with Crippen molar-refractivity contribution < 1.29 is 9.59 Å². The minimum absolute atomic E-state index is 0.168. The minimum Gasteiger partial charge on any atom is -0.351 e. The van der Waals surface area contributed by atoms with Crippen molar-refractivity contribution in [2.45, 2.75) is 39.2 Å². The number of aryl methyl sites for hydroxylation is 1. The highest BCUT2D eigenvalue weighted by Gasteiger charge is 2.31. The summed E-state index contributed by atoms with van der Waals surface area (Å²) in [4.78, 5) is 41.1. The van der Waals surface area contributed by atoms with E-state index in [-0.39, 0.29) is 17.4 Å². The molecule has 0 spiro atoms. The number of rotatable bonds is 7. The molecule has 0 unspecified atom stereocenters. The fourth-order valence-electron chi connectivity index (χ4n) is 4.69. The Balaban J connectivity index is 1.27. The lowest BCUT2D eigenvalue weighted by atomic mass is 10.0. The van der Waals surface area contributed by atoms with E-state index in [0.717, 1.165) is 24.3 Å². The van der Waals surface area contributed by atoms with Gasteiger partial charge in [0, 0.05) is 42.8 Å². The van der Waals surface area contributed by atoms with E-state index in [1.54, 1.807) is 42.3 Å². The van der Waals surface area contributed by atoms with Crippen molar-refractivity contribution >= 4 is 23.0 Å². The van der Waals surface area contributed by atoms with Gasteiger partial charge in [-0.15, -0.1) is 0 Å². The van der Waals surface area contributed by atoms with Crippen molar-refractivity contribution in [3.63, 3.8) is 0 Å². The minimum atomic E-state index is -0.354. The van der Waals surface area contributed by atoms with Gasteiger partial charge in [0.2, 0.25) is 0 Å². The summed E-state index contributed by atoms with van der Waals surface area (Å²) in [7, 11) is 0. The van der Waals surface area contributed by atoms with E-state index >= 15 is 0 Å². The molecule has 4 aromatic heterocycles. The summed E-state index contributed by atoms with van der Waals surface area (Å²) in [5, 5.41) is 10.2. The average Bonchev–Trinajstić information content (AvgIpc) is 3.47. The zero-order valence-corrected chi connectivity index (χ0v) is 21.2. The van der Waals surface area contributed by atoms with Crippen LogP contribution >= 0.6 is 0 Å². The third kappa shape index (κ3) is 5.19. The fourth-order valence-corrected chi connectivity index (χ4v) is 4.69. The molecule has 1 aliphatic heterocycles. The maximum absolute atomic E-state index is 13.1. The van der Waals surface area contributed by atoms with Gasteiger partial charge in [-0.25, -0.2) is 4.52 Å². The lowest BCUT2D eigenvalue weighted by molar-refractivity contribution is 0.0938. The fraction of sp³-hybridized carbons (Fsp3) is 0.333. The van der Waals surface area contributed by atoms with Crippen LogP contribution in [-0.4, -0.2) is 66.5 Å². The van der Waals surface area contributed by atoms with Crippen molar-refractivity contribution in [2.75, 3.05) is 25.0 Å². The van der Waals surface area contributed by atoms with Crippen LogP contribution in [0.3, 0.4) is 0 Å². The normalized spacial score (nSPS) is 15.1. The van der Waals surface area contributed by atoms with Gasteiger partial charge < -0.3 is 10.6 Å². The number of likely N-dealkylation sites (tertiary alicyclic amines) is 1. The maximum atomic E-state index is 13.1. The number of carbonyl (C=O) groups excluding carboxylic acids is 2. The van der Waals surface area contributed by atoms with Gasteiger partial charge in [0.15, 0.2) is 0 Å². The molecule has 4 aromatic rings. The summed E-state index contributed by atoms with van der Waals surface area (Å²) >= 11 is 0. The Bertz CT molecular complexity index is 1450. The van der Waals surface area contributed by atoms with Gasteiger partial charge in [0.25, 0.3) is 11.8 Å². The number of amides is 2. The Morgan fingerprint density at radius 1 is 1.08 bits per heavy atom. The van der Waals surface area contributed by atoms with E-state index in [1.165, 1.54) is 25.2 Å². The monoisotopic (exact) mass is 498 g/mol. The number of pyridine rings is 2. The Labute approximate surface area is 215 Å². The molecule has 0 aromatic carbocycles. The number of fused-ring (bicyclic) bond motifs is 1. The van der Waals surface area contributed by atoms with Crippen molar-refractivity contribution in [3.05, 3.63) is 72.2 Å². The first-order chi connectivity index (χ1) is 17.8. The van der Waals surface area contributed by atoms with Gasteiger partial charge in [-0.2, -0.15) is 5.10 Å². The molecule has 1 aliphatic rings. The van der Waals surface area contributed by atoms with Crippen molar-refractivity contribution in [1.82, 2.24) is 34.8 Å². The molecule has 0 saturated carbocycles. The number of anilines is 1. The van der Waals surface area contributed by atoms with Gasteiger partial charge in [-0.3, -0.25) is 29.4 Å². The largest absolute Gasteiger partial charge is 0.351 e. The number of hydrogen-bond donors (Lipinski definition) is 2. The van der Waals surface area contributed by atoms with Crippen molar-refractivity contribution in [1.29, 1.82) is 0 Å². The molecule has 2 N–H and O–H groups in total. The van der Waals surface area contributed by atoms with Crippen LogP contribution in [0.4, 0.5) is 5.69 Å². The van der Waals surface area contributed by atoms with E-state index in [4.69, 9.17) is 0 Å². The number of hydrogen-bond acceptors (Lipinski definition) is 7. The molecule has 10 nitrogen and oxygen atoms in total. The van der Waals surface area contributed by atoms with Gasteiger partial charge in [0.05, 0.1) is 52.3 Å². The van der Waals surface area contributed by atoms with Crippen molar-refractivity contribution in [2.24, 2.45) is 0 Å². The van der Waals surface area contributed by atoms with Crippen LogP contribution in [0, 0.1) is 6.92 Å². The smallest absolute Gasteiger partial charge is 0.259 e. The van der Waals surface area contributed by atoms with E-state index in [0.29, 0.717) is 34.6 Å². The molecule has 37 heavy (non-hydrogen) atoms. The summed E-state index contributed by atoms with van der Waals surface area (Å²) in [5.41, 5.74) is 4.21. The van der Waals surface area contributed by atoms with E-state index in [9.17, 15) is 9.59 Å². The summed E-state index contributed by atoms with van der Waals surface area (Å²) in [5.74, 6) is -0.573. The van der Waals surface area contributed by atoms with Crippen LogP contribution in [0.25, 0.3) is 16.8 Å². The second-order valence-electron chi connectivity index (χ2n) is 9.87. The quantitative estimate of drug-likeness (QED) is 0.401. The second-order valence-corrected chi connectivity index (χ2v) is 9.87. The van der Waals surface area contributed by atoms with Gasteiger partial charge in [-0.05, 0) is 58.4 Å². The van der Waals surface area contributed by atoms with E-state index < -0.39 is 0 Å². The van der Waals surface area contributed by atoms with Crippen LogP contribution in [-0.2, 0) is 0 Å². The van der Waals surface area contributed by atoms with E-state index in [2.05, 4.69) is 49.4 Å². The molecule has 0 bridgehead atoms. The molecule has 5 rings (SSSR count). The van der Waals surface area contributed by atoms with Gasteiger partial charge in [0.1, 0.15) is 0 Å².